The molecule has 34 heavy (non-hydrogen) atoms. The van der Waals surface area contributed by atoms with Crippen LogP contribution in [0.1, 0.15) is 30.2 Å². The van der Waals surface area contributed by atoms with Gasteiger partial charge in [-0.05, 0) is 59.9 Å². The van der Waals surface area contributed by atoms with E-state index in [0.717, 1.165) is 27.9 Å². The minimum absolute atomic E-state index is 0.156. The lowest BCUT2D eigenvalue weighted by atomic mass is 10.0. The molecular weight excluding hydrogens is 428 g/mol. The van der Waals surface area contributed by atoms with Gasteiger partial charge in [0.1, 0.15) is 5.69 Å². The fraction of sp³-hybridized carbons (Fsp3) is 0.185. The number of hydrogen-bond acceptors (Lipinski definition) is 4. The molecule has 0 spiro atoms. The van der Waals surface area contributed by atoms with E-state index in [1.807, 2.05) is 68.6 Å². The molecule has 0 saturated heterocycles. The minimum Gasteiger partial charge on any atom is -0.465 e. The highest BCUT2D eigenvalue weighted by molar-refractivity contribution is 5.87. The molecule has 7 nitrogen and oxygen atoms in total. The molecule has 2 aromatic heterocycles. The summed E-state index contributed by atoms with van der Waals surface area (Å²) in [4.78, 5) is 29.8. The van der Waals surface area contributed by atoms with E-state index in [4.69, 9.17) is 0 Å². The van der Waals surface area contributed by atoms with Crippen LogP contribution in [-0.2, 0) is 6.42 Å². The number of amides is 1. The van der Waals surface area contributed by atoms with Crippen molar-refractivity contribution in [2.75, 3.05) is 11.4 Å². The van der Waals surface area contributed by atoms with Crippen molar-refractivity contribution in [3.63, 3.8) is 0 Å². The monoisotopic (exact) mass is 454 g/mol. The van der Waals surface area contributed by atoms with Gasteiger partial charge in [-0.2, -0.15) is 5.10 Å². The summed E-state index contributed by atoms with van der Waals surface area (Å²) in [5.41, 5.74) is 5.48. The molecule has 7 heteroatoms. The van der Waals surface area contributed by atoms with Crippen molar-refractivity contribution < 1.29 is 9.90 Å². The van der Waals surface area contributed by atoms with Crippen molar-refractivity contribution in [1.29, 1.82) is 0 Å². The van der Waals surface area contributed by atoms with Crippen LogP contribution in [0, 0.1) is 6.92 Å². The Balaban J connectivity index is 1.63. The van der Waals surface area contributed by atoms with E-state index < -0.39 is 6.09 Å². The van der Waals surface area contributed by atoms with E-state index in [2.05, 4.69) is 10.1 Å². The lowest BCUT2D eigenvalue weighted by Gasteiger charge is -2.22. The maximum Gasteiger partial charge on any atom is 0.411 e. The smallest absolute Gasteiger partial charge is 0.411 e. The Labute approximate surface area is 198 Å². The van der Waals surface area contributed by atoms with Gasteiger partial charge in [0.15, 0.2) is 0 Å². The summed E-state index contributed by atoms with van der Waals surface area (Å²) in [5.74, 6) is 0. The quantitative estimate of drug-likeness (QED) is 0.420. The van der Waals surface area contributed by atoms with Gasteiger partial charge in [-0.15, -0.1) is 0 Å². The van der Waals surface area contributed by atoms with Crippen LogP contribution in [0.4, 0.5) is 10.5 Å². The van der Waals surface area contributed by atoms with Crippen molar-refractivity contribution in [3.05, 3.63) is 106 Å². The van der Waals surface area contributed by atoms with Gasteiger partial charge >= 0.3 is 6.09 Å². The average molecular weight is 455 g/mol. The van der Waals surface area contributed by atoms with E-state index in [0.29, 0.717) is 30.8 Å². The Morgan fingerprint density at radius 2 is 1.82 bits per heavy atom. The van der Waals surface area contributed by atoms with Crippen LogP contribution in [-0.4, -0.2) is 32.5 Å². The van der Waals surface area contributed by atoms with Crippen LogP contribution < -0.4 is 10.3 Å². The van der Waals surface area contributed by atoms with Crippen LogP contribution in [0.15, 0.2) is 84.0 Å². The standard InChI is InChI=1S/C27H26N4O3/c1-3-15-30(27(33)34)25-8-4-6-21(19(25)2)17-24-26(32)13-16-31(29-24)23-11-9-20(10-12-23)22-7-5-14-28-18-22/h4-14,16,18H,3,15,17H2,1-2H3,(H,33,34). The van der Waals surface area contributed by atoms with Crippen LogP contribution in [0.2, 0.25) is 0 Å². The van der Waals surface area contributed by atoms with Gasteiger partial charge in [-0.1, -0.05) is 37.3 Å². The van der Waals surface area contributed by atoms with E-state index in [1.54, 1.807) is 23.1 Å². The number of aromatic nitrogens is 3. The number of hydrogen-bond donors (Lipinski definition) is 1. The fourth-order valence-electron chi connectivity index (χ4n) is 3.93. The van der Waals surface area contributed by atoms with E-state index in [1.165, 1.54) is 11.0 Å². The number of anilines is 1. The van der Waals surface area contributed by atoms with Gasteiger partial charge in [0.2, 0.25) is 5.43 Å². The lowest BCUT2D eigenvalue weighted by molar-refractivity contribution is 0.201. The van der Waals surface area contributed by atoms with Crippen molar-refractivity contribution in [3.8, 4) is 16.8 Å². The molecule has 2 aromatic carbocycles. The zero-order chi connectivity index (χ0) is 24.1. The van der Waals surface area contributed by atoms with Gasteiger partial charge in [0, 0.05) is 37.6 Å². The average Bonchev–Trinajstić information content (AvgIpc) is 2.86. The fourth-order valence-corrected chi connectivity index (χ4v) is 3.93. The molecule has 2 heterocycles. The maximum absolute atomic E-state index is 12.6. The van der Waals surface area contributed by atoms with Crippen LogP contribution >= 0.6 is 0 Å². The van der Waals surface area contributed by atoms with Gasteiger partial charge in [-0.3, -0.25) is 14.7 Å². The number of rotatable bonds is 7. The highest BCUT2D eigenvalue weighted by Gasteiger charge is 2.18. The maximum atomic E-state index is 12.6. The molecule has 0 aliphatic heterocycles. The van der Waals surface area contributed by atoms with Gasteiger partial charge in [0.25, 0.3) is 0 Å². The number of benzene rings is 2. The Morgan fingerprint density at radius 3 is 2.50 bits per heavy atom. The first kappa shape index (κ1) is 22.9. The second kappa shape index (κ2) is 10.1. The summed E-state index contributed by atoms with van der Waals surface area (Å²) >= 11 is 0. The second-order valence-corrected chi connectivity index (χ2v) is 8.03. The Bertz CT molecular complexity index is 1350. The first-order chi connectivity index (χ1) is 16.5. The molecule has 0 bridgehead atoms. The third kappa shape index (κ3) is 4.88. The number of nitrogens with zero attached hydrogens (tertiary/aromatic N) is 4. The topological polar surface area (TPSA) is 88.3 Å². The van der Waals surface area contributed by atoms with Gasteiger partial charge in [0.05, 0.1) is 11.4 Å². The first-order valence-corrected chi connectivity index (χ1v) is 11.2. The summed E-state index contributed by atoms with van der Waals surface area (Å²) in [6.07, 6.45) is 5.24. The summed E-state index contributed by atoms with van der Waals surface area (Å²) in [6, 6.07) is 18.8. The Kier molecular flexibility index (Phi) is 6.82. The summed E-state index contributed by atoms with van der Waals surface area (Å²) in [7, 11) is 0. The predicted octanol–water partition coefficient (Wildman–Crippen LogP) is 5.09. The summed E-state index contributed by atoms with van der Waals surface area (Å²) in [5, 5.41) is 14.2. The third-order valence-electron chi connectivity index (χ3n) is 5.75. The van der Waals surface area contributed by atoms with Crippen molar-refractivity contribution >= 4 is 11.8 Å². The first-order valence-electron chi connectivity index (χ1n) is 11.2. The zero-order valence-electron chi connectivity index (χ0n) is 19.2. The lowest BCUT2D eigenvalue weighted by Crippen LogP contribution is -2.30. The summed E-state index contributed by atoms with van der Waals surface area (Å²) < 4.78 is 1.68. The van der Waals surface area contributed by atoms with Gasteiger partial charge in [-0.25, -0.2) is 9.48 Å². The highest BCUT2D eigenvalue weighted by Crippen LogP contribution is 2.25. The van der Waals surface area contributed by atoms with Crippen LogP contribution in [0.3, 0.4) is 0 Å². The van der Waals surface area contributed by atoms with Crippen molar-refractivity contribution in [1.82, 2.24) is 14.8 Å². The van der Waals surface area contributed by atoms with Gasteiger partial charge < -0.3 is 5.11 Å². The van der Waals surface area contributed by atoms with E-state index in [-0.39, 0.29) is 5.43 Å². The SMILES string of the molecule is CCCN(C(=O)O)c1cccc(Cc2nn(-c3ccc(-c4cccnc4)cc3)ccc2=O)c1C. The number of pyridine rings is 1. The molecule has 1 amide bonds. The highest BCUT2D eigenvalue weighted by atomic mass is 16.4. The van der Waals surface area contributed by atoms with Crippen molar-refractivity contribution in [2.45, 2.75) is 26.7 Å². The zero-order valence-corrected chi connectivity index (χ0v) is 19.2. The molecule has 0 atom stereocenters. The molecular formula is C27H26N4O3. The molecule has 0 unspecified atom stereocenters. The molecule has 0 fully saturated rings. The molecule has 4 aromatic rings. The molecule has 0 aliphatic rings. The molecule has 1 N–H and O–H groups in total. The normalized spacial score (nSPS) is 10.8. The third-order valence-corrected chi connectivity index (χ3v) is 5.75. The number of carbonyl (C=O) groups is 1. The predicted molar refractivity (Wildman–Crippen MR) is 133 cm³/mol. The molecule has 0 radical (unpaired) electrons. The Hall–Kier alpha value is -4.26. The van der Waals surface area contributed by atoms with E-state index >= 15 is 0 Å². The Morgan fingerprint density at radius 1 is 1.03 bits per heavy atom. The molecule has 172 valence electrons. The van der Waals surface area contributed by atoms with E-state index in [9.17, 15) is 14.7 Å². The van der Waals surface area contributed by atoms with Crippen molar-refractivity contribution in [2.24, 2.45) is 0 Å². The van der Waals surface area contributed by atoms with Crippen LogP contribution in [0.25, 0.3) is 16.8 Å². The molecule has 0 aliphatic carbocycles. The summed E-state index contributed by atoms with van der Waals surface area (Å²) in [6.45, 7) is 4.23. The number of carboxylic acid groups (broad SMARTS) is 1. The minimum atomic E-state index is -0.989. The largest absolute Gasteiger partial charge is 0.465 e. The molecule has 0 saturated carbocycles. The second-order valence-electron chi connectivity index (χ2n) is 8.03. The van der Waals surface area contributed by atoms with Crippen LogP contribution in [0.5, 0.6) is 0 Å². The molecule has 4 rings (SSSR count).